The molecule has 0 aromatic heterocycles. The Morgan fingerprint density at radius 2 is 1.93 bits per heavy atom. The van der Waals surface area contributed by atoms with E-state index in [9.17, 15) is 8.42 Å². The van der Waals surface area contributed by atoms with Gasteiger partial charge in [0.15, 0.2) is 0 Å². The van der Waals surface area contributed by atoms with Crippen molar-refractivity contribution < 1.29 is 13.2 Å². The minimum absolute atomic E-state index is 0.0813. The van der Waals surface area contributed by atoms with E-state index in [2.05, 4.69) is 10.0 Å². The SMILES string of the molecule is O=S(=O)(N[C@@H]1CCNC1)C1CCOCC1. The first-order chi connectivity index (χ1) is 7.18. The molecule has 0 unspecified atom stereocenters. The summed E-state index contributed by atoms with van der Waals surface area (Å²) >= 11 is 0. The number of rotatable bonds is 3. The van der Waals surface area contributed by atoms with Crippen molar-refractivity contribution in [2.75, 3.05) is 26.3 Å². The van der Waals surface area contributed by atoms with Crippen LogP contribution in [0.15, 0.2) is 0 Å². The van der Waals surface area contributed by atoms with Crippen LogP contribution in [0.3, 0.4) is 0 Å². The molecule has 2 saturated heterocycles. The molecular weight excluding hydrogens is 216 g/mol. The Balaban J connectivity index is 1.92. The Hall–Kier alpha value is -0.170. The summed E-state index contributed by atoms with van der Waals surface area (Å²) in [5, 5.41) is 2.89. The summed E-state index contributed by atoms with van der Waals surface area (Å²) in [5.74, 6) is 0. The van der Waals surface area contributed by atoms with Crippen molar-refractivity contribution >= 4 is 10.0 Å². The van der Waals surface area contributed by atoms with E-state index in [0.29, 0.717) is 26.1 Å². The Morgan fingerprint density at radius 3 is 2.53 bits per heavy atom. The third kappa shape index (κ3) is 2.90. The summed E-state index contributed by atoms with van der Waals surface area (Å²) in [4.78, 5) is 0. The van der Waals surface area contributed by atoms with Gasteiger partial charge in [0.1, 0.15) is 0 Å². The Labute approximate surface area is 90.6 Å². The quantitative estimate of drug-likeness (QED) is 0.687. The molecule has 0 bridgehead atoms. The van der Waals surface area contributed by atoms with Crippen molar-refractivity contribution in [2.45, 2.75) is 30.6 Å². The fourth-order valence-electron chi connectivity index (χ4n) is 2.07. The van der Waals surface area contributed by atoms with Crippen LogP contribution in [0.25, 0.3) is 0 Å². The highest BCUT2D eigenvalue weighted by molar-refractivity contribution is 7.90. The third-order valence-electron chi connectivity index (χ3n) is 3.00. The van der Waals surface area contributed by atoms with Gasteiger partial charge in [0, 0.05) is 25.8 Å². The second-order valence-electron chi connectivity index (χ2n) is 4.16. The Morgan fingerprint density at radius 1 is 1.20 bits per heavy atom. The highest BCUT2D eigenvalue weighted by Gasteiger charge is 2.30. The van der Waals surface area contributed by atoms with Crippen LogP contribution in [0.1, 0.15) is 19.3 Å². The maximum atomic E-state index is 11.9. The standard InChI is InChI=1S/C9H18N2O3S/c12-15(13,9-2-5-14-6-3-9)11-8-1-4-10-7-8/h8-11H,1-7H2/t8-/m1/s1. The molecular formula is C9H18N2O3S. The average molecular weight is 234 g/mol. The molecule has 6 heteroatoms. The molecule has 0 radical (unpaired) electrons. The van der Waals surface area contributed by atoms with Gasteiger partial charge in [0.2, 0.25) is 10.0 Å². The van der Waals surface area contributed by atoms with Crippen molar-refractivity contribution in [3.63, 3.8) is 0 Å². The molecule has 2 fully saturated rings. The lowest BCUT2D eigenvalue weighted by molar-refractivity contribution is 0.0981. The number of ether oxygens (including phenoxy) is 1. The van der Waals surface area contributed by atoms with E-state index in [-0.39, 0.29) is 11.3 Å². The van der Waals surface area contributed by atoms with Crippen molar-refractivity contribution in [3.8, 4) is 0 Å². The fourth-order valence-corrected chi connectivity index (χ4v) is 3.74. The molecule has 1 atom stereocenters. The number of sulfonamides is 1. The lowest BCUT2D eigenvalue weighted by Gasteiger charge is -2.24. The van der Waals surface area contributed by atoms with E-state index in [1.165, 1.54) is 0 Å². The Kier molecular flexibility index (Phi) is 3.60. The number of hydrogen-bond donors (Lipinski definition) is 2. The zero-order valence-corrected chi connectivity index (χ0v) is 9.55. The van der Waals surface area contributed by atoms with Crippen LogP contribution in [0.2, 0.25) is 0 Å². The lowest BCUT2D eigenvalue weighted by Crippen LogP contribution is -2.43. The molecule has 2 aliphatic rings. The minimum Gasteiger partial charge on any atom is -0.381 e. The molecule has 2 rings (SSSR count). The van der Waals surface area contributed by atoms with Crippen LogP contribution in [0, 0.1) is 0 Å². The van der Waals surface area contributed by atoms with E-state index in [0.717, 1.165) is 19.5 Å². The molecule has 0 aliphatic carbocycles. The van der Waals surface area contributed by atoms with Gasteiger partial charge in [-0.15, -0.1) is 0 Å². The van der Waals surface area contributed by atoms with E-state index < -0.39 is 10.0 Å². The van der Waals surface area contributed by atoms with Gasteiger partial charge in [-0.1, -0.05) is 0 Å². The maximum absolute atomic E-state index is 11.9. The van der Waals surface area contributed by atoms with E-state index in [1.54, 1.807) is 0 Å². The average Bonchev–Trinajstić information content (AvgIpc) is 2.71. The predicted octanol–water partition coefficient (Wildman–Crippen LogP) is -0.553. The lowest BCUT2D eigenvalue weighted by atomic mass is 10.2. The van der Waals surface area contributed by atoms with Gasteiger partial charge in [0.05, 0.1) is 5.25 Å². The van der Waals surface area contributed by atoms with Crippen LogP contribution in [0.5, 0.6) is 0 Å². The molecule has 88 valence electrons. The van der Waals surface area contributed by atoms with Crippen molar-refractivity contribution in [1.29, 1.82) is 0 Å². The first-order valence-electron chi connectivity index (χ1n) is 5.48. The van der Waals surface area contributed by atoms with E-state index >= 15 is 0 Å². The van der Waals surface area contributed by atoms with Crippen LogP contribution in [-0.4, -0.2) is 46.0 Å². The van der Waals surface area contributed by atoms with Gasteiger partial charge in [-0.25, -0.2) is 13.1 Å². The summed E-state index contributed by atoms with van der Waals surface area (Å²) < 4.78 is 31.8. The normalized spacial score (nSPS) is 29.5. The van der Waals surface area contributed by atoms with Gasteiger partial charge in [0.25, 0.3) is 0 Å². The first kappa shape index (κ1) is 11.3. The van der Waals surface area contributed by atoms with Gasteiger partial charge < -0.3 is 10.1 Å². The van der Waals surface area contributed by atoms with Crippen molar-refractivity contribution in [2.24, 2.45) is 0 Å². The van der Waals surface area contributed by atoms with Crippen LogP contribution < -0.4 is 10.0 Å². The largest absolute Gasteiger partial charge is 0.381 e. The molecule has 0 aromatic rings. The maximum Gasteiger partial charge on any atom is 0.214 e. The smallest absolute Gasteiger partial charge is 0.214 e. The highest BCUT2D eigenvalue weighted by Crippen LogP contribution is 2.15. The first-order valence-corrected chi connectivity index (χ1v) is 7.03. The molecule has 0 aromatic carbocycles. The highest BCUT2D eigenvalue weighted by atomic mass is 32.2. The molecule has 2 N–H and O–H groups in total. The van der Waals surface area contributed by atoms with Crippen LogP contribution in [0.4, 0.5) is 0 Å². The van der Waals surface area contributed by atoms with Crippen molar-refractivity contribution in [1.82, 2.24) is 10.0 Å². The molecule has 0 amide bonds. The summed E-state index contributed by atoms with van der Waals surface area (Å²) in [5.41, 5.74) is 0. The molecule has 2 heterocycles. The third-order valence-corrected chi connectivity index (χ3v) is 5.01. The predicted molar refractivity (Wildman–Crippen MR) is 57.2 cm³/mol. The second-order valence-corrected chi connectivity index (χ2v) is 6.16. The molecule has 15 heavy (non-hydrogen) atoms. The zero-order valence-electron chi connectivity index (χ0n) is 8.74. The molecule has 5 nitrogen and oxygen atoms in total. The summed E-state index contributed by atoms with van der Waals surface area (Å²) in [6, 6.07) is 0.0813. The van der Waals surface area contributed by atoms with Gasteiger partial charge in [-0.2, -0.15) is 0 Å². The number of hydrogen-bond acceptors (Lipinski definition) is 4. The van der Waals surface area contributed by atoms with E-state index in [4.69, 9.17) is 4.74 Å². The summed E-state index contributed by atoms with van der Waals surface area (Å²) in [6.07, 6.45) is 2.13. The van der Waals surface area contributed by atoms with Gasteiger partial charge >= 0.3 is 0 Å². The molecule has 0 spiro atoms. The Bertz CT molecular complexity index is 292. The minimum atomic E-state index is -3.14. The monoisotopic (exact) mass is 234 g/mol. The van der Waals surface area contributed by atoms with Crippen LogP contribution >= 0.6 is 0 Å². The zero-order chi connectivity index (χ0) is 10.7. The van der Waals surface area contributed by atoms with Gasteiger partial charge in [-0.3, -0.25) is 0 Å². The van der Waals surface area contributed by atoms with Gasteiger partial charge in [-0.05, 0) is 25.8 Å². The topological polar surface area (TPSA) is 67.4 Å². The molecule has 2 aliphatic heterocycles. The summed E-state index contributed by atoms with van der Waals surface area (Å²) in [6.45, 7) is 2.78. The van der Waals surface area contributed by atoms with Crippen LogP contribution in [-0.2, 0) is 14.8 Å². The fraction of sp³-hybridized carbons (Fsp3) is 1.00. The molecule has 0 saturated carbocycles. The summed E-state index contributed by atoms with van der Waals surface area (Å²) in [7, 11) is -3.14. The van der Waals surface area contributed by atoms with Crippen molar-refractivity contribution in [3.05, 3.63) is 0 Å². The second kappa shape index (κ2) is 4.78. The van der Waals surface area contributed by atoms with E-state index in [1.807, 2.05) is 0 Å². The number of nitrogens with one attached hydrogen (secondary N) is 2.